The van der Waals surface area contributed by atoms with E-state index in [4.69, 9.17) is 9.47 Å². The molecule has 1 atom stereocenters. The molecule has 1 aromatic carbocycles. The van der Waals surface area contributed by atoms with Crippen LogP contribution in [-0.2, 0) is 0 Å². The monoisotopic (exact) mass is 243 g/mol. The van der Waals surface area contributed by atoms with Crippen LogP contribution in [0.3, 0.4) is 0 Å². The van der Waals surface area contributed by atoms with Crippen molar-refractivity contribution < 1.29 is 14.3 Å². The van der Waals surface area contributed by atoms with Gasteiger partial charge in [0.1, 0.15) is 11.5 Å². The van der Waals surface area contributed by atoms with E-state index in [0.717, 1.165) is 10.9 Å². The molecule has 2 heterocycles. The van der Waals surface area contributed by atoms with E-state index in [1.807, 2.05) is 25.1 Å². The van der Waals surface area contributed by atoms with Gasteiger partial charge in [-0.2, -0.15) is 0 Å². The van der Waals surface area contributed by atoms with Gasteiger partial charge in [-0.15, -0.1) is 0 Å². The minimum Gasteiger partial charge on any atom is -0.497 e. The number of ketones is 1. The molecule has 92 valence electrons. The molecule has 3 rings (SSSR count). The van der Waals surface area contributed by atoms with Crippen LogP contribution in [0.25, 0.3) is 10.9 Å². The summed E-state index contributed by atoms with van der Waals surface area (Å²) >= 11 is 0. The zero-order valence-electron chi connectivity index (χ0n) is 10.3. The molecule has 1 aliphatic rings. The van der Waals surface area contributed by atoms with Gasteiger partial charge < -0.3 is 9.47 Å². The van der Waals surface area contributed by atoms with E-state index in [9.17, 15) is 4.79 Å². The molecule has 18 heavy (non-hydrogen) atoms. The molecule has 0 fully saturated rings. The van der Waals surface area contributed by atoms with Crippen molar-refractivity contribution in [2.75, 3.05) is 13.7 Å². The Kier molecular flexibility index (Phi) is 2.44. The highest BCUT2D eigenvalue weighted by Gasteiger charge is 2.27. The van der Waals surface area contributed by atoms with Crippen molar-refractivity contribution in [1.29, 1.82) is 0 Å². The van der Waals surface area contributed by atoms with Crippen LogP contribution in [-0.4, -0.2) is 24.5 Å². The topological polar surface area (TPSA) is 48.4 Å². The Morgan fingerprint density at radius 3 is 3.06 bits per heavy atom. The minimum absolute atomic E-state index is 0.108. The molecule has 0 saturated heterocycles. The molecule has 0 radical (unpaired) electrons. The van der Waals surface area contributed by atoms with Crippen LogP contribution in [0.15, 0.2) is 24.4 Å². The maximum Gasteiger partial charge on any atom is 0.173 e. The Morgan fingerprint density at radius 1 is 1.44 bits per heavy atom. The number of fused-ring (bicyclic) bond motifs is 3. The van der Waals surface area contributed by atoms with Crippen LogP contribution in [0.4, 0.5) is 0 Å². The molecule has 2 aromatic rings. The number of Topliss-reactive ketones (excluding diaryl/α,β-unsaturated/α-hetero) is 1. The Bertz CT molecular complexity index is 631. The largest absolute Gasteiger partial charge is 0.497 e. The molecule has 4 heteroatoms. The van der Waals surface area contributed by atoms with Gasteiger partial charge in [0.2, 0.25) is 0 Å². The maximum atomic E-state index is 12.3. The molecule has 0 saturated carbocycles. The van der Waals surface area contributed by atoms with E-state index in [1.165, 1.54) is 0 Å². The van der Waals surface area contributed by atoms with E-state index < -0.39 is 0 Å². The zero-order chi connectivity index (χ0) is 12.7. The summed E-state index contributed by atoms with van der Waals surface area (Å²) in [6.45, 7) is 2.29. The molecule has 1 aromatic heterocycles. The van der Waals surface area contributed by atoms with Crippen molar-refractivity contribution in [1.82, 2.24) is 4.98 Å². The lowest BCUT2D eigenvalue weighted by Crippen LogP contribution is -2.25. The molecule has 0 amide bonds. The summed E-state index contributed by atoms with van der Waals surface area (Å²) in [5.74, 6) is 1.27. The minimum atomic E-state index is -0.116. The smallest absolute Gasteiger partial charge is 0.173 e. The summed E-state index contributed by atoms with van der Waals surface area (Å²) in [5, 5.41) is 0.795. The van der Waals surface area contributed by atoms with Crippen molar-refractivity contribution in [3.63, 3.8) is 0 Å². The summed E-state index contributed by atoms with van der Waals surface area (Å²) in [7, 11) is 1.60. The van der Waals surface area contributed by atoms with Crippen LogP contribution in [0, 0.1) is 5.92 Å². The number of ether oxygens (including phenoxy) is 2. The number of hydrogen-bond donors (Lipinski definition) is 0. The highest BCUT2D eigenvalue weighted by atomic mass is 16.5. The lowest BCUT2D eigenvalue weighted by molar-refractivity contribution is 0.0851. The number of methoxy groups -OCH3 is 1. The Morgan fingerprint density at radius 2 is 2.28 bits per heavy atom. The number of hydrogen-bond acceptors (Lipinski definition) is 4. The van der Waals surface area contributed by atoms with Crippen LogP contribution < -0.4 is 9.47 Å². The number of carbonyl (C=O) groups is 1. The van der Waals surface area contributed by atoms with Gasteiger partial charge in [0.25, 0.3) is 0 Å². The first-order valence-electron chi connectivity index (χ1n) is 5.84. The molecule has 1 aliphatic heterocycles. The first-order chi connectivity index (χ1) is 8.70. The number of rotatable bonds is 1. The average Bonchev–Trinajstić information content (AvgIpc) is 2.41. The fraction of sp³-hybridized carbons (Fsp3) is 0.286. The SMILES string of the molecule is COc1ccc2ncc3c(c2c1)C(=O)C(C)CO3. The maximum absolute atomic E-state index is 12.3. The van der Waals surface area contributed by atoms with E-state index >= 15 is 0 Å². The van der Waals surface area contributed by atoms with Crippen LogP contribution in [0.2, 0.25) is 0 Å². The van der Waals surface area contributed by atoms with Gasteiger partial charge in [-0.1, -0.05) is 6.92 Å². The molecule has 0 aliphatic carbocycles. The molecule has 0 N–H and O–H groups in total. The Hall–Kier alpha value is -2.10. The number of benzene rings is 1. The summed E-state index contributed by atoms with van der Waals surface area (Å²) in [5.41, 5.74) is 1.40. The molecular weight excluding hydrogens is 230 g/mol. The number of nitrogens with zero attached hydrogens (tertiary/aromatic N) is 1. The molecule has 4 nitrogen and oxygen atoms in total. The van der Waals surface area contributed by atoms with E-state index in [2.05, 4.69) is 4.98 Å². The number of aromatic nitrogens is 1. The Labute approximate surface area is 105 Å². The van der Waals surface area contributed by atoms with Crippen molar-refractivity contribution in [2.24, 2.45) is 5.92 Å². The van der Waals surface area contributed by atoms with Gasteiger partial charge >= 0.3 is 0 Å². The summed E-state index contributed by atoms with van der Waals surface area (Å²) in [4.78, 5) is 16.6. The second kappa shape index (κ2) is 3.98. The molecule has 1 unspecified atom stereocenters. The van der Waals surface area contributed by atoms with Gasteiger partial charge in [0.15, 0.2) is 5.78 Å². The zero-order valence-corrected chi connectivity index (χ0v) is 10.3. The van der Waals surface area contributed by atoms with E-state index in [-0.39, 0.29) is 11.7 Å². The third kappa shape index (κ3) is 1.53. The molecular formula is C14H13NO3. The van der Waals surface area contributed by atoms with Crippen molar-refractivity contribution in [2.45, 2.75) is 6.92 Å². The standard InChI is InChI=1S/C14H13NO3/c1-8-7-18-12-6-15-11-4-3-9(17-2)5-10(11)13(12)14(8)16/h3-6,8H,7H2,1-2H3. The first-order valence-corrected chi connectivity index (χ1v) is 5.84. The van der Waals surface area contributed by atoms with Crippen molar-refractivity contribution >= 4 is 16.7 Å². The predicted molar refractivity (Wildman–Crippen MR) is 67.3 cm³/mol. The fourth-order valence-electron chi connectivity index (χ4n) is 2.18. The van der Waals surface area contributed by atoms with Gasteiger partial charge in [0, 0.05) is 5.39 Å². The lowest BCUT2D eigenvalue weighted by atomic mass is 9.94. The van der Waals surface area contributed by atoms with Gasteiger partial charge in [0.05, 0.1) is 36.9 Å². The second-order valence-corrected chi connectivity index (χ2v) is 4.46. The van der Waals surface area contributed by atoms with Crippen molar-refractivity contribution in [3.8, 4) is 11.5 Å². The van der Waals surface area contributed by atoms with Crippen LogP contribution in [0.1, 0.15) is 17.3 Å². The number of pyridine rings is 1. The normalized spacial score (nSPS) is 18.3. The number of carbonyl (C=O) groups excluding carboxylic acids is 1. The third-order valence-corrected chi connectivity index (χ3v) is 3.22. The summed E-state index contributed by atoms with van der Waals surface area (Å²) in [6, 6.07) is 5.51. The van der Waals surface area contributed by atoms with Crippen LogP contribution in [0.5, 0.6) is 11.5 Å². The summed E-state index contributed by atoms with van der Waals surface area (Å²) in [6.07, 6.45) is 1.62. The van der Waals surface area contributed by atoms with E-state index in [0.29, 0.717) is 23.7 Å². The summed E-state index contributed by atoms with van der Waals surface area (Å²) < 4.78 is 10.8. The lowest BCUT2D eigenvalue weighted by Gasteiger charge is -2.22. The van der Waals surface area contributed by atoms with Gasteiger partial charge in [-0.25, -0.2) is 0 Å². The highest BCUT2D eigenvalue weighted by Crippen LogP contribution is 2.33. The van der Waals surface area contributed by atoms with Gasteiger partial charge in [-0.05, 0) is 18.2 Å². The molecule has 0 bridgehead atoms. The Balaban J connectivity index is 2.32. The quantitative estimate of drug-likeness (QED) is 0.772. The van der Waals surface area contributed by atoms with E-state index in [1.54, 1.807) is 13.3 Å². The predicted octanol–water partition coefficient (Wildman–Crippen LogP) is 2.45. The average molecular weight is 243 g/mol. The third-order valence-electron chi connectivity index (χ3n) is 3.22. The first kappa shape index (κ1) is 11.0. The van der Waals surface area contributed by atoms with Crippen molar-refractivity contribution in [3.05, 3.63) is 30.0 Å². The van der Waals surface area contributed by atoms with Gasteiger partial charge in [-0.3, -0.25) is 9.78 Å². The fourth-order valence-corrected chi connectivity index (χ4v) is 2.18. The van der Waals surface area contributed by atoms with Crippen LogP contribution >= 0.6 is 0 Å². The highest BCUT2D eigenvalue weighted by molar-refractivity contribution is 6.11. The molecule has 0 spiro atoms. The second-order valence-electron chi connectivity index (χ2n) is 4.46.